The lowest BCUT2D eigenvalue weighted by molar-refractivity contribution is 0.461. The first-order valence-electron chi connectivity index (χ1n) is 10.5. The molecule has 0 bridgehead atoms. The second-order valence-electron chi connectivity index (χ2n) is 7.60. The fourth-order valence-corrected chi connectivity index (χ4v) is 4.48. The number of aromatic nitrogens is 2. The van der Waals surface area contributed by atoms with Crippen LogP contribution in [-0.4, -0.2) is 17.8 Å². The van der Waals surface area contributed by atoms with E-state index in [2.05, 4.69) is 4.98 Å². The Balaban J connectivity index is 1.90. The number of ether oxygens (including phenoxy) is 1. The first kappa shape index (κ1) is 23.0. The maximum atomic E-state index is 13.3. The van der Waals surface area contributed by atoms with Crippen molar-refractivity contribution >= 4 is 21.6 Å². The number of pyridine rings is 1. The number of sulfone groups is 1. The lowest BCUT2D eigenvalue weighted by Crippen LogP contribution is -2.19. The van der Waals surface area contributed by atoms with Crippen LogP contribution in [0, 0.1) is 18.3 Å². The number of fused-ring (bicyclic) bond motifs is 1. The van der Waals surface area contributed by atoms with Crippen LogP contribution < -0.4 is 10.3 Å². The van der Waals surface area contributed by atoms with Crippen LogP contribution in [0.2, 0.25) is 0 Å². The van der Waals surface area contributed by atoms with E-state index in [1.54, 1.807) is 48.5 Å². The van der Waals surface area contributed by atoms with E-state index < -0.39 is 20.3 Å². The van der Waals surface area contributed by atoms with E-state index in [1.807, 2.05) is 26.0 Å². The predicted molar refractivity (Wildman–Crippen MR) is 129 cm³/mol. The molecule has 0 saturated carbocycles. The van der Waals surface area contributed by atoms with E-state index in [0.717, 1.165) is 23.6 Å². The predicted octanol–water partition coefficient (Wildman–Crippen LogP) is 4.70. The van der Waals surface area contributed by atoms with Crippen LogP contribution in [0.15, 0.2) is 87.5 Å². The Kier molecular flexibility index (Phi) is 6.30. The smallest absolute Gasteiger partial charge is 0.269 e. The van der Waals surface area contributed by atoms with Gasteiger partial charge < -0.3 is 4.74 Å². The maximum Gasteiger partial charge on any atom is 0.269 e. The summed E-state index contributed by atoms with van der Waals surface area (Å²) >= 11 is 0. The average molecular weight is 472 g/mol. The average Bonchev–Trinajstić information content (AvgIpc) is 2.84. The molecule has 4 aromatic rings. The summed E-state index contributed by atoms with van der Waals surface area (Å²) in [6.07, 6.45) is 3.40. The first-order valence-corrected chi connectivity index (χ1v) is 12.0. The van der Waals surface area contributed by atoms with Crippen LogP contribution in [0.3, 0.4) is 0 Å². The molecule has 170 valence electrons. The Morgan fingerprint density at radius 1 is 1.09 bits per heavy atom. The van der Waals surface area contributed by atoms with Crippen molar-refractivity contribution in [3.63, 3.8) is 0 Å². The molecule has 0 amide bonds. The summed E-state index contributed by atoms with van der Waals surface area (Å²) in [5, 5.41) is 9.71. The Morgan fingerprint density at radius 2 is 1.79 bits per heavy atom. The summed E-state index contributed by atoms with van der Waals surface area (Å²) in [5.41, 5.74) is 1.61. The van der Waals surface area contributed by atoms with Crippen LogP contribution in [0.25, 0.3) is 11.7 Å². The van der Waals surface area contributed by atoms with E-state index in [4.69, 9.17) is 4.74 Å². The third kappa shape index (κ3) is 4.47. The molecule has 0 aliphatic carbocycles. The van der Waals surface area contributed by atoms with Crippen molar-refractivity contribution in [3.8, 4) is 17.7 Å². The van der Waals surface area contributed by atoms with Gasteiger partial charge in [-0.2, -0.15) is 10.2 Å². The molecule has 34 heavy (non-hydrogen) atoms. The highest BCUT2D eigenvalue weighted by Crippen LogP contribution is 2.27. The largest absolute Gasteiger partial charge is 0.438 e. The van der Waals surface area contributed by atoms with Crippen LogP contribution in [0.5, 0.6) is 11.6 Å². The molecule has 4 rings (SSSR count). The molecule has 0 aliphatic heterocycles. The van der Waals surface area contributed by atoms with Gasteiger partial charge in [0.25, 0.3) is 5.56 Å². The van der Waals surface area contributed by atoms with Gasteiger partial charge in [-0.25, -0.2) is 8.42 Å². The first-order chi connectivity index (χ1) is 16.3. The van der Waals surface area contributed by atoms with Crippen LogP contribution >= 0.6 is 0 Å². The molecule has 0 atom stereocenters. The summed E-state index contributed by atoms with van der Waals surface area (Å²) in [6, 6.07) is 20.1. The minimum atomic E-state index is -4.17. The Morgan fingerprint density at radius 3 is 2.44 bits per heavy atom. The number of allylic oxidation sites excluding steroid dienone is 1. The van der Waals surface area contributed by atoms with Crippen molar-refractivity contribution in [3.05, 3.63) is 105 Å². The van der Waals surface area contributed by atoms with E-state index in [-0.39, 0.29) is 16.3 Å². The van der Waals surface area contributed by atoms with Crippen molar-refractivity contribution < 1.29 is 13.2 Å². The van der Waals surface area contributed by atoms with Crippen LogP contribution in [-0.2, 0) is 16.3 Å². The van der Waals surface area contributed by atoms with Crippen molar-refractivity contribution in [2.24, 2.45) is 0 Å². The van der Waals surface area contributed by atoms with Gasteiger partial charge in [-0.3, -0.25) is 9.20 Å². The van der Waals surface area contributed by atoms with Gasteiger partial charge in [0.1, 0.15) is 27.9 Å². The zero-order valence-corrected chi connectivity index (χ0v) is 19.4. The van der Waals surface area contributed by atoms with E-state index in [0.29, 0.717) is 11.4 Å². The zero-order chi connectivity index (χ0) is 24.3. The Bertz CT molecular complexity index is 1600. The molecule has 0 fully saturated rings. The summed E-state index contributed by atoms with van der Waals surface area (Å²) in [4.78, 5) is 17.1. The number of rotatable bonds is 6. The highest BCUT2D eigenvalue weighted by Gasteiger charge is 2.23. The number of benzene rings is 2. The molecule has 0 N–H and O–H groups in total. The summed E-state index contributed by atoms with van der Waals surface area (Å²) in [6.45, 7) is 3.86. The van der Waals surface area contributed by atoms with Crippen molar-refractivity contribution in [1.82, 2.24) is 9.38 Å². The number of aryl methyl sites for hydroxylation is 2. The molecule has 0 radical (unpaired) electrons. The van der Waals surface area contributed by atoms with Gasteiger partial charge in [0.2, 0.25) is 15.7 Å². The van der Waals surface area contributed by atoms with Gasteiger partial charge in [-0.05, 0) is 61.4 Å². The molecule has 0 unspecified atom stereocenters. The molecule has 0 spiro atoms. The van der Waals surface area contributed by atoms with Gasteiger partial charge in [0.15, 0.2) is 0 Å². The molecule has 0 saturated heterocycles. The van der Waals surface area contributed by atoms with Crippen LogP contribution in [0.1, 0.15) is 23.6 Å². The molecule has 2 aromatic heterocycles. The van der Waals surface area contributed by atoms with Gasteiger partial charge in [0, 0.05) is 6.20 Å². The monoisotopic (exact) mass is 471 g/mol. The summed E-state index contributed by atoms with van der Waals surface area (Å²) < 4.78 is 33.4. The minimum Gasteiger partial charge on any atom is -0.438 e. The minimum absolute atomic E-state index is 0.0441. The standard InChI is InChI=1S/C26H21N3O4S/c1-3-19-9-11-20(12-10-19)33-25-23(26(30)29-15-5-4-6-24(29)28-25)16-22(17-27)34(31,32)21-13-7-18(2)8-14-21/h4-16H,3H2,1-2H3/b22-16-. The molecule has 2 heterocycles. The normalized spacial score (nSPS) is 11.9. The zero-order valence-electron chi connectivity index (χ0n) is 18.6. The topological polar surface area (TPSA) is 102 Å². The molecular formula is C26H21N3O4S. The Labute approximate surface area is 197 Å². The number of nitrogens with zero attached hydrogens (tertiary/aromatic N) is 3. The number of hydrogen-bond acceptors (Lipinski definition) is 6. The van der Waals surface area contributed by atoms with Crippen molar-refractivity contribution in [2.45, 2.75) is 25.2 Å². The molecule has 0 aliphatic rings. The van der Waals surface area contributed by atoms with Gasteiger partial charge >= 0.3 is 0 Å². The van der Waals surface area contributed by atoms with E-state index in [9.17, 15) is 18.5 Å². The highest BCUT2D eigenvalue weighted by molar-refractivity contribution is 7.95. The third-order valence-corrected chi connectivity index (χ3v) is 6.97. The molecular weight excluding hydrogens is 450 g/mol. The van der Waals surface area contributed by atoms with Crippen LogP contribution in [0.4, 0.5) is 0 Å². The number of hydrogen-bond donors (Lipinski definition) is 0. The fourth-order valence-electron chi connectivity index (χ4n) is 3.33. The van der Waals surface area contributed by atoms with Crippen molar-refractivity contribution in [2.75, 3.05) is 0 Å². The van der Waals surface area contributed by atoms with Gasteiger partial charge in [-0.15, -0.1) is 0 Å². The van der Waals surface area contributed by atoms with E-state index >= 15 is 0 Å². The number of nitriles is 1. The Hall–Kier alpha value is -4.22. The summed E-state index contributed by atoms with van der Waals surface area (Å²) in [7, 11) is -4.17. The second-order valence-corrected chi connectivity index (χ2v) is 9.52. The second kappa shape index (κ2) is 9.33. The lowest BCUT2D eigenvalue weighted by atomic mass is 10.2. The SMILES string of the molecule is CCc1ccc(Oc2nc3ccccn3c(=O)c2/C=C(/C#N)S(=O)(=O)c2ccc(C)cc2)cc1. The quantitative estimate of drug-likeness (QED) is 0.378. The van der Waals surface area contributed by atoms with E-state index in [1.165, 1.54) is 22.7 Å². The summed E-state index contributed by atoms with van der Waals surface area (Å²) in [5.74, 6) is 0.339. The molecule has 8 heteroatoms. The molecule has 7 nitrogen and oxygen atoms in total. The van der Waals surface area contributed by atoms with Crippen molar-refractivity contribution in [1.29, 1.82) is 5.26 Å². The fraction of sp³-hybridized carbons (Fsp3) is 0.115. The highest BCUT2D eigenvalue weighted by atomic mass is 32.2. The third-order valence-electron chi connectivity index (χ3n) is 5.29. The van der Waals surface area contributed by atoms with Gasteiger partial charge in [0.05, 0.1) is 4.90 Å². The molecule has 2 aromatic carbocycles. The lowest BCUT2D eigenvalue weighted by Gasteiger charge is -2.11. The maximum absolute atomic E-state index is 13.3. The van der Waals surface area contributed by atoms with Gasteiger partial charge in [-0.1, -0.05) is 42.8 Å².